The average molecular weight is 840 g/mol. The zero-order chi connectivity index (χ0) is 44.5. The number of carbonyl (C=O) groups excluding carboxylic acids is 7. The highest BCUT2D eigenvalue weighted by atomic mass is 16.4. The Morgan fingerprint density at radius 1 is 0.533 bits per heavy atom. The lowest BCUT2D eigenvalue weighted by atomic mass is 10.0. The van der Waals surface area contributed by atoms with Crippen LogP contribution in [0.5, 0.6) is 0 Å². The van der Waals surface area contributed by atoms with E-state index in [1.807, 2.05) is 5.32 Å². The summed E-state index contributed by atoms with van der Waals surface area (Å²) in [6, 6.07) is 10.7. The van der Waals surface area contributed by atoms with E-state index < -0.39 is 90.6 Å². The number of benzene rings is 2. The Hall–Kier alpha value is -6.86. The van der Waals surface area contributed by atoms with Gasteiger partial charge in [0, 0.05) is 64.1 Å². The van der Waals surface area contributed by atoms with Crippen LogP contribution in [0.15, 0.2) is 60.7 Å². The molecule has 0 aliphatic heterocycles. The summed E-state index contributed by atoms with van der Waals surface area (Å²) in [6.45, 7) is 1.74. The van der Waals surface area contributed by atoms with E-state index in [0.29, 0.717) is 6.29 Å². The van der Waals surface area contributed by atoms with Gasteiger partial charge in [0.05, 0.1) is 0 Å². The van der Waals surface area contributed by atoms with E-state index in [1.54, 1.807) is 67.6 Å². The molecule has 0 fully saturated rings. The molecule has 5 atom stereocenters. The summed E-state index contributed by atoms with van der Waals surface area (Å²) < 4.78 is 0. The van der Waals surface area contributed by atoms with Gasteiger partial charge < -0.3 is 57.3 Å². The number of nitrogens with one attached hydrogen (secondary N) is 7. The molecule has 0 aliphatic carbocycles. The molecule has 326 valence electrons. The van der Waals surface area contributed by atoms with Crippen LogP contribution in [0.4, 0.5) is 4.79 Å². The third kappa shape index (κ3) is 20.5. The average Bonchev–Trinajstić information content (AvgIpc) is 3.20. The lowest BCUT2D eigenvalue weighted by Crippen LogP contribution is -2.55. The minimum atomic E-state index is -1.59. The van der Waals surface area contributed by atoms with Gasteiger partial charge in [-0.05, 0) is 37.3 Å². The van der Waals surface area contributed by atoms with Crippen molar-refractivity contribution in [2.24, 2.45) is 0 Å². The number of carbonyl (C=O) groups is 10. The Kier molecular flexibility index (Phi) is 22.1. The van der Waals surface area contributed by atoms with Crippen LogP contribution in [0.1, 0.15) is 69.4 Å². The molecule has 0 saturated heterocycles. The zero-order valence-electron chi connectivity index (χ0n) is 33.1. The standard InChI is InChI=1S/C40H53N7O13/c1-25(43-33(50)18-15-28(38(56)57)46-40(60)47-29(39(58)59)16-19-35(52)53)14-17-34(51)44-31(24-27-11-6-3-7-12-27)37(55)45-30(23-26-9-4-2-5-10-26)36(54)42-21-20-41-32(49)13-8-22-48/h2-7,9-12,22,25,28-31H,8,13-21,23-24H2,1H3,(H,41,49)(H,42,54)(H,43,50)(H,44,51)(H,45,55)(H,52,53)(H,56,57)(H,58,59)(H2,46,47,60). The van der Waals surface area contributed by atoms with Crippen molar-refractivity contribution in [2.45, 2.75) is 101 Å². The number of hydrogen-bond donors (Lipinski definition) is 10. The first-order valence-electron chi connectivity index (χ1n) is 19.3. The quantitative estimate of drug-likeness (QED) is 0.0392. The largest absolute Gasteiger partial charge is 0.481 e. The van der Waals surface area contributed by atoms with Crippen LogP contribution in [-0.2, 0) is 56.0 Å². The molecule has 10 N–H and O–H groups in total. The molecule has 0 saturated carbocycles. The van der Waals surface area contributed by atoms with Gasteiger partial charge in [0.15, 0.2) is 0 Å². The van der Waals surface area contributed by atoms with E-state index in [1.165, 1.54) is 0 Å². The van der Waals surface area contributed by atoms with E-state index in [-0.39, 0.29) is 70.4 Å². The van der Waals surface area contributed by atoms with Crippen LogP contribution in [0.3, 0.4) is 0 Å². The minimum Gasteiger partial charge on any atom is -0.481 e. The summed E-state index contributed by atoms with van der Waals surface area (Å²) in [7, 11) is 0. The molecule has 60 heavy (non-hydrogen) atoms. The molecule has 20 heteroatoms. The van der Waals surface area contributed by atoms with Gasteiger partial charge >= 0.3 is 23.9 Å². The molecule has 20 nitrogen and oxygen atoms in total. The number of carboxylic acid groups (broad SMARTS) is 3. The molecule has 2 rings (SSSR count). The van der Waals surface area contributed by atoms with E-state index >= 15 is 0 Å². The van der Waals surface area contributed by atoms with Gasteiger partial charge in [-0.25, -0.2) is 14.4 Å². The molecule has 5 unspecified atom stereocenters. The maximum absolute atomic E-state index is 13.8. The van der Waals surface area contributed by atoms with Crippen molar-refractivity contribution in [1.82, 2.24) is 37.2 Å². The Bertz CT molecular complexity index is 1780. The van der Waals surface area contributed by atoms with Crippen LogP contribution in [0, 0.1) is 0 Å². The number of amides is 7. The fourth-order valence-corrected chi connectivity index (χ4v) is 5.63. The van der Waals surface area contributed by atoms with Crippen LogP contribution in [0.2, 0.25) is 0 Å². The predicted octanol–water partition coefficient (Wildman–Crippen LogP) is -0.212. The number of hydrogen-bond acceptors (Lipinski definition) is 10. The van der Waals surface area contributed by atoms with Crippen LogP contribution in [0.25, 0.3) is 0 Å². The molecule has 0 spiro atoms. The van der Waals surface area contributed by atoms with Gasteiger partial charge in [-0.3, -0.25) is 28.8 Å². The van der Waals surface area contributed by atoms with E-state index in [2.05, 4.69) is 31.9 Å². The molecule has 0 aliphatic rings. The van der Waals surface area contributed by atoms with Gasteiger partial charge in [0.1, 0.15) is 30.5 Å². The van der Waals surface area contributed by atoms with Gasteiger partial charge in [-0.1, -0.05) is 60.7 Å². The first-order chi connectivity index (χ1) is 28.6. The molecule has 0 heterocycles. The second kappa shape index (κ2) is 26.9. The Morgan fingerprint density at radius 3 is 1.53 bits per heavy atom. The van der Waals surface area contributed by atoms with Crippen molar-refractivity contribution in [3.8, 4) is 0 Å². The molecule has 0 bridgehead atoms. The molecule has 0 aromatic heterocycles. The monoisotopic (exact) mass is 839 g/mol. The first kappa shape index (κ1) is 49.3. The van der Waals surface area contributed by atoms with E-state index in [9.17, 15) is 58.2 Å². The van der Waals surface area contributed by atoms with E-state index in [4.69, 9.17) is 5.11 Å². The number of aldehydes is 1. The third-order valence-electron chi connectivity index (χ3n) is 8.81. The minimum absolute atomic E-state index is 0.0173. The van der Waals surface area contributed by atoms with Crippen LogP contribution < -0.4 is 37.2 Å². The summed E-state index contributed by atoms with van der Waals surface area (Å²) >= 11 is 0. The van der Waals surface area contributed by atoms with Crippen LogP contribution >= 0.6 is 0 Å². The molecular formula is C40H53N7O13. The zero-order valence-corrected chi connectivity index (χ0v) is 33.1. The van der Waals surface area contributed by atoms with Crippen molar-refractivity contribution in [3.05, 3.63) is 71.8 Å². The molecule has 2 aromatic rings. The van der Waals surface area contributed by atoms with Crippen molar-refractivity contribution in [1.29, 1.82) is 0 Å². The number of rotatable bonds is 28. The summed E-state index contributed by atoms with van der Waals surface area (Å²) in [6.07, 6.45) is -0.881. The van der Waals surface area contributed by atoms with Gasteiger partial charge in [-0.2, -0.15) is 0 Å². The smallest absolute Gasteiger partial charge is 0.326 e. The summed E-state index contributed by atoms with van der Waals surface area (Å²) in [5.41, 5.74) is 1.47. The Balaban J connectivity index is 2.01. The number of urea groups is 1. The topological polar surface area (TPSA) is 316 Å². The Morgan fingerprint density at radius 2 is 1.02 bits per heavy atom. The van der Waals surface area contributed by atoms with Crippen molar-refractivity contribution in [2.75, 3.05) is 13.1 Å². The third-order valence-corrected chi connectivity index (χ3v) is 8.81. The Labute approximate surface area is 346 Å². The van der Waals surface area contributed by atoms with Gasteiger partial charge in [0.2, 0.25) is 29.5 Å². The number of carboxylic acids is 3. The highest BCUT2D eigenvalue weighted by Gasteiger charge is 2.28. The molecule has 7 amide bonds. The number of aliphatic carboxylic acids is 3. The first-order valence-corrected chi connectivity index (χ1v) is 19.3. The molecule has 2 aromatic carbocycles. The maximum Gasteiger partial charge on any atom is 0.326 e. The summed E-state index contributed by atoms with van der Waals surface area (Å²) in [5.74, 6) is -6.98. The van der Waals surface area contributed by atoms with Crippen molar-refractivity contribution in [3.63, 3.8) is 0 Å². The predicted molar refractivity (Wildman–Crippen MR) is 213 cm³/mol. The lowest BCUT2D eigenvalue weighted by Gasteiger charge is -2.24. The second-order valence-electron chi connectivity index (χ2n) is 13.8. The highest BCUT2D eigenvalue weighted by Crippen LogP contribution is 2.09. The lowest BCUT2D eigenvalue weighted by molar-refractivity contribution is -0.141. The second-order valence-corrected chi connectivity index (χ2v) is 13.8. The fraction of sp³-hybridized carbons (Fsp3) is 0.450. The van der Waals surface area contributed by atoms with Crippen molar-refractivity contribution >= 4 is 59.8 Å². The SMILES string of the molecule is CC(CCC(=O)NC(Cc1ccccc1)C(=O)NC(Cc1ccccc1)C(=O)NCCNC(=O)CCC=O)NC(=O)CCC(NC(=O)NC(CCC(=O)O)C(=O)O)C(=O)O. The molecule has 0 radical (unpaired) electrons. The fourth-order valence-electron chi connectivity index (χ4n) is 5.63. The maximum atomic E-state index is 13.8. The van der Waals surface area contributed by atoms with Crippen molar-refractivity contribution < 1.29 is 63.3 Å². The van der Waals surface area contributed by atoms with Gasteiger partial charge in [0.25, 0.3) is 0 Å². The molecular weight excluding hydrogens is 786 g/mol. The van der Waals surface area contributed by atoms with Crippen LogP contribution in [-0.4, -0.2) is 118 Å². The van der Waals surface area contributed by atoms with E-state index in [0.717, 1.165) is 11.1 Å². The summed E-state index contributed by atoms with van der Waals surface area (Å²) in [4.78, 5) is 121. The van der Waals surface area contributed by atoms with Gasteiger partial charge in [-0.15, -0.1) is 0 Å². The highest BCUT2D eigenvalue weighted by molar-refractivity contribution is 5.92. The normalized spacial score (nSPS) is 13.1. The summed E-state index contributed by atoms with van der Waals surface area (Å²) in [5, 5.41) is 45.0.